The maximum absolute atomic E-state index is 11.9. The van der Waals surface area contributed by atoms with Gasteiger partial charge in [-0.25, -0.2) is 0 Å². The van der Waals surface area contributed by atoms with E-state index in [1.54, 1.807) is 19.1 Å². The first-order valence-corrected chi connectivity index (χ1v) is 7.87. The predicted molar refractivity (Wildman–Crippen MR) is 75.0 cm³/mol. The largest absolute Gasteiger partial charge is 0.296 e. The second-order valence-corrected chi connectivity index (χ2v) is 6.17. The van der Waals surface area contributed by atoms with Crippen molar-refractivity contribution >= 4 is 10.1 Å². The van der Waals surface area contributed by atoms with Crippen LogP contribution in [0, 0.1) is 13.8 Å². The number of aromatic nitrogens is 4. The lowest BCUT2D eigenvalue weighted by Gasteiger charge is -2.05. The standard InChI is InChI=1S/C13H16N4O3S/c1-10-5-7-12(8-6-10)21(18,19)20-9-3-4-13-16-14-11(2)15-17-13/h5-8H,3-4,9H2,1-2H3. The molecule has 1 aromatic heterocycles. The molecule has 1 heterocycles. The summed E-state index contributed by atoms with van der Waals surface area (Å²) in [4.78, 5) is 0.156. The lowest BCUT2D eigenvalue weighted by molar-refractivity contribution is 0.310. The summed E-state index contributed by atoms with van der Waals surface area (Å²) in [7, 11) is -3.71. The van der Waals surface area contributed by atoms with Crippen LogP contribution in [0.5, 0.6) is 0 Å². The summed E-state index contributed by atoms with van der Waals surface area (Å²) in [5, 5.41) is 15.3. The van der Waals surface area contributed by atoms with Crippen LogP contribution in [0.2, 0.25) is 0 Å². The molecule has 0 amide bonds. The van der Waals surface area contributed by atoms with Crippen molar-refractivity contribution in [3.05, 3.63) is 41.5 Å². The Morgan fingerprint density at radius 1 is 1.00 bits per heavy atom. The number of benzene rings is 1. The van der Waals surface area contributed by atoms with Crippen molar-refractivity contribution in [2.75, 3.05) is 6.61 Å². The van der Waals surface area contributed by atoms with Gasteiger partial charge in [0.1, 0.15) is 0 Å². The molecule has 7 nitrogen and oxygen atoms in total. The summed E-state index contributed by atoms with van der Waals surface area (Å²) < 4.78 is 28.8. The quantitative estimate of drug-likeness (QED) is 0.585. The van der Waals surface area contributed by atoms with Crippen LogP contribution in [0.3, 0.4) is 0 Å². The molecule has 112 valence electrons. The van der Waals surface area contributed by atoms with Gasteiger partial charge >= 0.3 is 0 Å². The SMILES string of the molecule is Cc1ccc(S(=O)(=O)OCCCc2nnc(C)nn2)cc1. The zero-order valence-electron chi connectivity index (χ0n) is 11.9. The molecule has 0 aliphatic rings. The molecule has 0 saturated heterocycles. The highest BCUT2D eigenvalue weighted by Crippen LogP contribution is 2.13. The molecule has 1 aromatic carbocycles. The summed E-state index contributed by atoms with van der Waals surface area (Å²) in [5.74, 6) is 0.967. The van der Waals surface area contributed by atoms with E-state index in [-0.39, 0.29) is 11.5 Å². The third kappa shape index (κ3) is 4.54. The maximum Gasteiger partial charge on any atom is 0.296 e. The molecule has 0 N–H and O–H groups in total. The van der Waals surface area contributed by atoms with Gasteiger partial charge in [-0.1, -0.05) is 17.7 Å². The van der Waals surface area contributed by atoms with Crippen LogP contribution in [-0.4, -0.2) is 35.4 Å². The second-order valence-electron chi connectivity index (χ2n) is 4.56. The molecule has 0 atom stereocenters. The van der Waals surface area contributed by atoms with Crippen LogP contribution in [0.25, 0.3) is 0 Å². The molecule has 2 rings (SSSR count). The molecule has 0 saturated carbocycles. The third-order valence-electron chi connectivity index (χ3n) is 2.71. The number of hydrogen-bond acceptors (Lipinski definition) is 7. The number of nitrogens with zero attached hydrogens (tertiary/aromatic N) is 4. The average Bonchev–Trinajstić information content (AvgIpc) is 2.46. The second kappa shape index (κ2) is 6.68. The fraction of sp³-hybridized carbons (Fsp3) is 0.385. The first-order valence-electron chi connectivity index (χ1n) is 6.46. The van der Waals surface area contributed by atoms with Crippen molar-refractivity contribution in [2.45, 2.75) is 31.6 Å². The van der Waals surface area contributed by atoms with E-state index in [9.17, 15) is 8.42 Å². The first-order chi connectivity index (χ1) is 9.97. The molecule has 0 unspecified atom stereocenters. The Labute approximate surface area is 123 Å². The van der Waals surface area contributed by atoms with Crippen molar-refractivity contribution in [3.8, 4) is 0 Å². The normalized spacial score (nSPS) is 11.5. The summed E-state index contributed by atoms with van der Waals surface area (Å²) in [6, 6.07) is 6.52. The van der Waals surface area contributed by atoms with Crippen molar-refractivity contribution in [1.82, 2.24) is 20.4 Å². The van der Waals surface area contributed by atoms with Crippen molar-refractivity contribution in [1.29, 1.82) is 0 Å². The van der Waals surface area contributed by atoms with Crippen LogP contribution in [0.15, 0.2) is 29.2 Å². The average molecular weight is 308 g/mol. The van der Waals surface area contributed by atoms with Gasteiger partial charge in [0, 0.05) is 6.42 Å². The minimum Gasteiger partial charge on any atom is -0.266 e. The van der Waals surface area contributed by atoms with Gasteiger partial charge in [-0.2, -0.15) is 8.42 Å². The number of hydrogen-bond donors (Lipinski definition) is 0. The van der Waals surface area contributed by atoms with Crippen molar-refractivity contribution in [3.63, 3.8) is 0 Å². The van der Waals surface area contributed by atoms with Crippen molar-refractivity contribution in [2.24, 2.45) is 0 Å². The Kier molecular flexibility index (Phi) is 4.92. The Hall–Kier alpha value is -1.93. The van der Waals surface area contributed by atoms with E-state index in [0.717, 1.165) is 5.56 Å². The van der Waals surface area contributed by atoms with Crippen LogP contribution in [0.4, 0.5) is 0 Å². The summed E-state index contributed by atoms with van der Waals surface area (Å²) in [6.07, 6.45) is 0.932. The molecule has 0 aliphatic heterocycles. The van der Waals surface area contributed by atoms with Crippen LogP contribution in [0.1, 0.15) is 23.6 Å². The van der Waals surface area contributed by atoms with E-state index in [0.29, 0.717) is 24.5 Å². The highest BCUT2D eigenvalue weighted by molar-refractivity contribution is 7.86. The van der Waals surface area contributed by atoms with Gasteiger partial charge < -0.3 is 0 Å². The fourth-order valence-electron chi connectivity index (χ4n) is 1.57. The van der Waals surface area contributed by atoms with Gasteiger partial charge in [-0.15, -0.1) is 20.4 Å². The van der Waals surface area contributed by atoms with Gasteiger partial charge in [-0.3, -0.25) is 4.18 Å². The maximum atomic E-state index is 11.9. The van der Waals surface area contributed by atoms with Gasteiger partial charge in [0.15, 0.2) is 11.6 Å². The summed E-state index contributed by atoms with van der Waals surface area (Å²) in [6.45, 7) is 3.65. The molecular weight excluding hydrogens is 292 g/mol. The van der Waals surface area contributed by atoms with Gasteiger partial charge in [0.25, 0.3) is 10.1 Å². The minimum atomic E-state index is -3.71. The molecule has 0 fully saturated rings. The highest BCUT2D eigenvalue weighted by atomic mass is 32.2. The number of rotatable bonds is 6. The third-order valence-corrected chi connectivity index (χ3v) is 4.04. The topological polar surface area (TPSA) is 94.9 Å². The van der Waals surface area contributed by atoms with Crippen LogP contribution < -0.4 is 0 Å². The summed E-state index contributed by atoms with van der Waals surface area (Å²) in [5.41, 5.74) is 0.991. The molecule has 21 heavy (non-hydrogen) atoms. The fourth-order valence-corrected chi connectivity index (χ4v) is 2.51. The molecule has 2 aromatic rings. The van der Waals surface area contributed by atoms with E-state index in [1.807, 2.05) is 6.92 Å². The molecule has 0 bridgehead atoms. The molecular formula is C13H16N4O3S. The van der Waals surface area contributed by atoms with E-state index < -0.39 is 10.1 Å². The van der Waals surface area contributed by atoms with Gasteiger partial charge in [0.05, 0.1) is 11.5 Å². The van der Waals surface area contributed by atoms with Crippen molar-refractivity contribution < 1.29 is 12.6 Å². The Balaban J connectivity index is 1.85. The zero-order valence-corrected chi connectivity index (χ0v) is 12.7. The Morgan fingerprint density at radius 3 is 2.24 bits per heavy atom. The van der Waals surface area contributed by atoms with Crippen LogP contribution in [-0.2, 0) is 20.7 Å². The van der Waals surface area contributed by atoms with E-state index in [2.05, 4.69) is 20.4 Å². The van der Waals surface area contributed by atoms with E-state index in [1.165, 1.54) is 12.1 Å². The van der Waals surface area contributed by atoms with E-state index in [4.69, 9.17) is 4.18 Å². The number of aryl methyl sites for hydroxylation is 3. The Morgan fingerprint density at radius 2 is 1.62 bits per heavy atom. The lowest BCUT2D eigenvalue weighted by Crippen LogP contribution is -2.09. The van der Waals surface area contributed by atoms with E-state index >= 15 is 0 Å². The summed E-state index contributed by atoms with van der Waals surface area (Å²) >= 11 is 0. The smallest absolute Gasteiger partial charge is 0.266 e. The van der Waals surface area contributed by atoms with Gasteiger partial charge in [0.2, 0.25) is 0 Å². The lowest BCUT2D eigenvalue weighted by atomic mass is 10.2. The molecule has 0 spiro atoms. The molecule has 0 radical (unpaired) electrons. The zero-order chi connectivity index (χ0) is 15.3. The Bertz CT molecular complexity index is 684. The first kappa shape index (κ1) is 15.5. The molecule has 8 heteroatoms. The van der Waals surface area contributed by atoms with Crippen LogP contribution >= 0.6 is 0 Å². The highest BCUT2D eigenvalue weighted by Gasteiger charge is 2.14. The van der Waals surface area contributed by atoms with Gasteiger partial charge in [-0.05, 0) is 32.4 Å². The monoisotopic (exact) mass is 308 g/mol. The molecule has 0 aliphatic carbocycles. The minimum absolute atomic E-state index is 0.0629. The predicted octanol–water partition coefficient (Wildman–Crippen LogP) is 1.22.